The Kier molecular flexibility index (Phi) is 13.8. The molecule has 248 valence electrons. The van der Waals surface area contributed by atoms with Crippen LogP contribution in [0.2, 0.25) is 0 Å². The molecule has 3 aromatic rings. The molecule has 0 saturated heterocycles. The van der Waals surface area contributed by atoms with Crippen molar-refractivity contribution >= 4 is 39.0 Å². The average molecular weight is 649 g/mol. The third kappa shape index (κ3) is 10.8. The molecule has 0 spiro atoms. The summed E-state index contributed by atoms with van der Waals surface area (Å²) in [6, 6.07) is 15.8. The summed E-state index contributed by atoms with van der Waals surface area (Å²) in [5, 5.41) is 12.6. The number of benzene rings is 2. The van der Waals surface area contributed by atoms with Gasteiger partial charge in [-0.05, 0) is 48.9 Å². The zero-order chi connectivity index (χ0) is 32.6. The van der Waals surface area contributed by atoms with Gasteiger partial charge >= 0.3 is 0 Å². The maximum absolute atomic E-state index is 13.4. The summed E-state index contributed by atoms with van der Waals surface area (Å²) in [4.78, 5) is 26.3. The number of nitrogens with one attached hydrogen (secondary N) is 2. The van der Waals surface area contributed by atoms with Gasteiger partial charge in [-0.3, -0.25) is 19.0 Å². The molecule has 0 bridgehead atoms. The molecular weight excluding hydrogens is 600 g/mol. The highest BCUT2D eigenvalue weighted by Gasteiger charge is 2.39. The maximum atomic E-state index is 13.4. The van der Waals surface area contributed by atoms with Crippen molar-refractivity contribution in [3.63, 3.8) is 0 Å². The molecule has 0 radical (unpaired) electrons. The fraction of sp³-hybridized carbons (Fsp3) is 0.486. The summed E-state index contributed by atoms with van der Waals surface area (Å²) >= 11 is 0. The van der Waals surface area contributed by atoms with Crippen LogP contribution in [0.3, 0.4) is 0 Å². The van der Waals surface area contributed by atoms with E-state index in [0.29, 0.717) is 23.4 Å². The number of nitrogens with zero attached hydrogens (tertiary/aromatic N) is 4. The van der Waals surface area contributed by atoms with E-state index in [1.54, 1.807) is 67.0 Å². The second-order valence-electron chi connectivity index (χ2n) is 11.9. The van der Waals surface area contributed by atoms with Gasteiger partial charge in [0.25, 0.3) is 11.8 Å². The first-order valence-electron chi connectivity index (χ1n) is 16.8. The minimum absolute atomic E-state index is 0.0672. The number of hydrogen-bond donors (Lipinski definition) is 2. The predicted molar refractivity (Wildman–Crippen MR) is 184 cm³/mol. The second-order valence-corrected chi connectivity index (χ2v) is 13.7. The van der Waals surface area contributed by atoms with E-state index in [1.165, 1.54) is 73.9 Å². The van der Waals surface area contributed by atoms with Gasteiger partial charge in [0.15, 0.2) is 11.9 Å². The standard InChI is InChI=1S/C35H48N6O4S/c1-2-3-4-5-6-7-8-9-10-11-12-13-14-18-28-46(44,45)39-30-22-24-31(25-23-30)41-35(43)32(40-27-19-26-36-40)33(38-41)37-34(42)29-20-16-15-17-21-29/h15-17,19-27,32,39H,2-14,18,28H2,1H3,(H,37,38,42). The van der Waals surface area contributed by atoms with Crippen LogP contribution in [0.1, 0.15) is 113 Å². The minimum Gasteiger partial charge on any atom is -0.306 e. The molecular formula is C35H48N6O4S. The molecule has 1 aromatic heterocycles. The lowest BCUT2D eigenvalue weighted by Crippen LogP contribution is -2.38. The van der Waals surface area contributed by atoms with Crippen LogP contribution >= 0.6 is 0 Å². The summed E-state index contributed by atoms with van der Waals surface area (Å²) in [7, 11) is -3.50. The van der Waals surface area contributed by atoms with Gasteiger partial charge in [-0.1, -0.05) is 109 Å². The SMILES string of the molecule is CCCCCCCCCCCCCCCCS(=O)(=O)Nc1ccc(N2N=C(NC(=O)c3ccccc3)C(n3cccn3)C2=O)cc1. The molecule has 2 amide bonds. The topological polar surface area (TPSA) is 126 Å². The molecule has 0 aliphatic carbocycles. The van der Waals surface area contributed by atoms with Crippen LogP contribution in [-0.2, 0) is 14.8 Å². The van der Waals surface area contributed by atoms with Gasteiger partial charge in [0.1, 0.15) is 0 Å². The van der Waals surface area contributed by atoms with Crippen molar-refractivity contribution in [3.05, 3.63) is 78.6 Å². The number of carbonyl (C=O) groups excluding carboxylic acids is 2. The Morgan fingerprint density at radius 1 is 0.783 bits per heavy atom. The lowest BCUT2D eigenvalue weighted by molar-refractivity contribution is -0.119. The van der Waals surface area contributed by atoms with Crippen LogP contribution in [0.5, 0.6) is 0 Å². The highest BCUT2D eigenvalue weighted by molar-refractivity contribution is 7.92. The molecule has 1 aliphatic heterocycles. The van der Waals surface area contributed by atoms with Crippen LogP contribution in [-0.4, -0.2) is 41.6 Å². The molecule has 46 heavy (non-hydrogen) atoms. The van der Waals surface area contributed by atoms with Gasteiger partial charge in [-0.2, -0.15) is 10.1 Å². The number of anilines is 2. The number of carbonyl (C=O) groups is 2. The molecule has 2 heterocycles. The monoisotopic (exact) mass is 648 g/mol. The van der Waals surface area contributed by atoms with Crippen LogP contribution in [0.25, 0.3) is 0 Å². The molecule has 11 heteroatoms. The highest BCUT2D eigenvalue weighted by Crippen LogP contribution is 2.27. The predicted octanol–water partition coefficient (Wildman–Crippen LogP) is 7.44. The number of hydrogen-bond acceptors (Lipinski definition) is 6. The van der Waals surface area contributed by atoms with E-state index in [2.05, 4.69) is 27.2 Å². The zero-order valence-corrected chi connectivity index (χ0v) is 27.8. The van der Waals surface area contributed by atoms with Crippen molar-refractivity contribution in [2.75, 3.05) is 15.5 Å². The summed E-state index contributed by atoms with van der Waals surface area (Å²) in [5.41, 5.74) is 1.27. The van der Waals surface area contributed by atoms with Gasteiger partial charge in [0, 0.05) is 23.6 Å². The van der Waals surface area contributed by atoms with Crippen molar-refractivity contribution in [1.29, 1.82) is 0 Å². The van der Waals surface area contributed by atoms with E-state index in [-0.39, 0.29) is 11.6 Å². The van der Waals surface area contributed by atoms with E-state index in [1.807, 2.05) is 6.07 Å². The average Bonchev–Trinajstić information content (AvgIpc) is 3.69. The second kappa shape index (κ2) is 18.2. The van der Waals surface area contributed by atoms with Crippen molar-refractivity contribution in [1.82, 2.24) is 15.1 Å². The van der Waals surface area contributed by atoms with Crippen LogP contribution in [0, 0.1) is 0 Å². The fourth-order valence-corrected chi connectivity index (χ4v) is 6.74. The molecule has 0 fully saturated rings. The molecule has 1 aliphatic rings. The Hall–Kier alpha value is -3.99. The van der Waals surface area contributed by atoms with Crippen molar-refractivity contribution in [2.45, 2.75) is 103 Å². The summed E-state index contributed by atoms with van der Waals surface area (Å²) < 4.78 is 29.5. The summed E-state index contributed by atoms with van der Waals surface area (Å²) in [6.45, 7) is 2.25. The molecule has 10 nitrogen and oxygen atoms in total. The Balaban J connectivity index is 1.21. The normalized spacial score (nSPS) is 14.8. The van der Waals surface area contributed by atoms with Gasteiger partial charge in [0.05, 0.1) is 11.4 Å². The largest absolute Gasteiger partial charge is 0.306 e. The number of amides is 2. The van der Waals surface area contributed by atoms with E-state index >= 15 is 0 Å². The Morgan fingerprint density at radius 2 is 1.37 bits per heavy atom. The quantitative estimate of drug-likeness (QED) is 0.123. The van der Waals surface area contributed by atoms with Gasteiger partial charge in [-0.25, -0.2) is 8.42 Å². The first kappa shape index (κ1) is 34.9. The van der Waals surface area contributed by atoms with Gasteiger partial charge < -0.3 is 5.32 Å². The number of unbranched alkanes of at least 4 members (excludes halogenated alkanes) is 13. The van der Waals surface area contributed by atoms with Crippen molar-refractivity contribution in [2.24, 2.45) is 5.10 Å². The van der Waals surface area contributed by atoms with Gasteiger partial charge in [0.2, 0.25) is 10.0 Å². The van der Waals surface area contributed by atoms with E-state index in [0.717, 1.165) is 19.3 Å². The highest BCUT2D eigenvalue weighted by atomic mass is 32.2. The number of aromatic nitrogens is 2. The van der Waals surface area contributed by atoms with Crippen molar-refractivity contribution in [3.8, 4) is 0 Å². The fourth-order valence-electron chi connectivity index (χ4n) is 5.56. The first-order chi connectivity index (χ1) is 22.4. The molecule has 1 unspecified atom stereocenters. The zero-order valence-electron chi connectivity index (χ0n) is 26.9. The smallest absolute Gasteiger partial charge is 0.280 e. The Bertz CT molecular complexity index is 1490. The van der Waals surface area contributed by atoms with E-state index in [9.17, 15) is 18.0 Å². The third-order valence-electron chi connectivity index (χ3n) is 8.13. The Labute approximate surface area is 273 Å². The van der Waals surface area contributed by atoms with E-state index in [4.69, 9.17) is 0 Å². The molecule has 2 N–H and O–H groups in total. The lowest BCUT2D eigenvalue weighted by Gasteiger charge is -2.15. The molecule has 2 aromatic carbocycles. The molecule has 0 saturated carbocycles. The first-order valence-corrected chi connectivity index (χ1v) is 18.4. The summed E-state index contributed by atoms with van der Waals surface area (Å²) in [5.74, 6) is -0.592. The molecule has 4 rings (SSSR count). The number of amidine groups is 1. The summed E-state index contributed by atoms with van der Waals surface area (Å²) in [6.07, 6.45) is 20.2. The number of hydrazone groups is 1. The maximum Gasteiger partial charge on any atom is 0.280 e. The lowest BCUT2D eigenvalue weighted by atomic mass is 10.0. The number of rotatable bonds is 20. The Morgan fingerprint density at radius 3 is 1.93 bits per heavy atom. The molecule has 1 atom stereocenters. The van der Waals surface area contributed by atoms with Crippen LogP contribution in [0.15, 0.2) is 78.2 Å². The number of sulfonamides is 1. The van der Waals surface area contributed by atoms with Gasteiger partial charge in [-0.15, -0.1) is 5.10 Å². The van der Waals surface area contributed by atoms with Crippen molar-refractivity contribution < 1.29 is 18.0 Å². The van der Waals surface area contributed by atoms with Crippen LogP contribution < -0.4 is 15.0 Å². The minimum atomic E-state index is -3.50. The third-order valence-corrected chi connectivity index (χ3v) is 9.50. The van der Waals surface area contributed by atoms with Crippen LogP contribution in [0.4, 0.5) is 11.4 Å². The van der Waals surface area contributed by atoms with E-state index < -0.39 is 27.9 Å².